The van der Waals surface area contributed by atoms with Gasteiger partial charge in [0.05, 0.1) is 6.10 Å². The molecule has 3 atom stereocenters. The van der Waals surface area contributed by atoms with E-state index in [2.05, 4.69) is 18.2 Å². The zero-order chi connectivity index (χ0) is 15.8. The summed E-state index contributed by atoms with van der Waals surface area (Å²) in [6.45, 7) is 0. The minimum atomic E-state index is -0.229. The van der Waals surface area contributed by atoms with E-state index in [1.807, 2.05) is 0 Å². The number of aliphatic hydroxyl groups excluding tert-OH is 1. The SMILES string of the molecule is Oc1cc2c(cc1O)C1=C3C2=CC=CC32CCCC(O)C2CC1. The molecule has 4 aliphatic carbocycles. The maximum absolute atomic E-state index is 10.6. The second kappa shape index (κ2) is 4.30. The number of rotatable bonds is 0. The second-order valence-corrected chi connectivity index (χ2v) is 7.32. The highest BCUT2D eigenvalue weighted by Crippen LogP contribution is 2.64. The third-order valence-corrected chi connectivity index (χ3v) is 6.34. The van der Waals surface area contributed by atoms with Crippen LogP contribution >= 0.6 is 0 Å². The van der Waals surface area contributed by atoms with E-state index < -0.39 is 0 Å². The van der Waals surface area contributed by atoms with E-state index in [4.69, 9.17) is 0 Å². The molecule has 0 bridgehead atoms. The number of aromatic hydroxyl groups is 2. The molecule has 118 valence electrons. The lowest BCUT2D eigenvalue weighted by Crippen LogP contribution is -2.44. The zero-order valence-electron chi connectivity index (χ0n) is 12.9. The van der Waals surface area contributed by atoms with Gasteiger partial charge in [-0.05, 0) is 78.0 Å². The molecule has 0 saturated heterocycles. The maximum Gasteiger partial charge on any atom is 0.158 e. The highest BCUT2D eigenvalue weighted by atomic mass is 16.3. The highest BCUT2D eigenvalue weighted by Gasteiger charge is 2.52. The monoisotopic (exact) mass is 308 g/mol. The largest absolute Gasteiger partial charge is 0.504 e. The molecule has 1 spiro atoms. The summed E-state index contributed by atoms with van der Waals surface area (Å²) < 4.78 is 0. The normalized spacial score (nSPS) is 33.9. The molecular weight excluding hydrogens is 288 g/mol. The van der Waals surface area contributed by atoms with Crippen LogP contribution in [0.5, 0.6) is 11.5 Å². The van der Waals surface area contributed by atoms with Gasteiger partial charge >= 0.3 is 0 Å². The second-order valence-electron chi connectivity index (χ2n) is 7.32. The lowest BCUT2D eigenvalue weighted by Gasteiger charge is -2.50. The molecule has 0 heterocycles. The summed E-state index contributed by atoms with van der Waals surface area (Å²) in [6, 6.07) is 3.40. The number of aliphatic hydroxyl groups is 1. The number of hydrogen-bond acceptors (Lipinski definition) is 3. The summed E-state index contributed by atoms with van der Waals surface area (Å²) in [7, 11) is 0. The predicted molar refractivity (Wildman–Crippen MR) is 88.8 cm³/mol. The summed E-state index contributed by atoms with van der Waals surface area (Å²) in [5.41, 5.74) is 5.83. The van der Waals surface area contributed by atoms with Gasteiger partial charge in [-0.25, -0.2) is 0 Å². The van der Waals surface area contributed by atoms with Crippen molar-refractivity contribution in [2.24, 2.45) is 11.3 Å². The van der Waals surface area contributed by atoms with E-state index in [9.17, 15) is 15.3 Å². The molecule has 1 aromatic carbocycles. The molecule has 3 unspecified atom stereocenters. The number of fused-ring (bicyclic) bond motifs is 3. The van der Waals surface area contributed by atoms with Crippen LogP contribution in [0.1, 0.15) is 43.2 Å². The Labute approximate surface area is 135 Å². The Morgan fingerprint density at radius 3 is 2.65 bits per heavy atom. The van der Waals surface area contributed by atoms with Gasteiger partial charge in [-0.3, -0.25) is 0 Å². The zero-order valence-corrected chi connectivity index (χ0v) is 12.9. The predicted octanol–water partition coefficient (Wildman–Crippen LogP) is 3.76. The number of phenolic OH excluding ortho intramolecular Hbond substituents is 2. The first-order chi connectivity index (χ1) is 11.1. The molecule has 0 amide bonds. The van der Waals surface area contributed by atoms with Crippen LogP contribution < -0.4 is 0 Å². The standard InChI is InChI=1S/C20H20O3/c21-16-4-2-8-20-7-1-3-11-13-9-17(22)18(23)10-14(13)12(19(11)20)5-6-15(16)20/h1,3,7,9-10,15-16,21-23H,2,4-6,8H2. The average Bonchev–Trinajstić information content (AvgIpc) is 2.84. The van der Waals surface area contributed by atoms with Crippen molar-refractivity contribution in [3.63, 3.8) is 0 Å². The van der Waals surface area contributed by atoms with E-state index >= 15 is 0 Å². The van der Waals surface area contributed by atoms with E-state index in [1.54, 1.807) is 12.1 Å². The van der Waals surface area contributed by atoms with Crippen LogP contribution in [0.3, 0.4) is 0 Å². The Morgan fingerprint density at radius 1 is 1.04 bits per heavy atom. The molecule has 5 rings (SSSR count). The smallest absolute Gasteiger partial charge is 0.158 e. The number of allylic oxidation sites excluding steroid dienone is 6. The first-order valence-electron chi connectivity index (χ1n) is 8.50. The molecule has 3 heteroatoms. The van der Waals surface area contributed by atoms with E-state index in [0.29, 0.717) is 0 Å². The Hall–Kier alpha value is -2.00. The van der Waals surface area contributed by atoms with Gasteiger partial charge in [-0.1, -0.05) is 18.2 Å². The van der Waals surface area contributed by atoms with Crippen LogP contribution in [0.2, 0.25) is 0 Å². The van der Waals surface area contributed by atoms with Crippen LogP contribution in [0.4, 0.5) is 0 Å². The average molecular weight is 308 g/mol. The first kappa shape index (κ1) is 13.4. The van der Waals surface area contributed by atoms with E-state index in [0.717, 1.165) is 43.2 Å². The Balaban J connectivity index is 1.78. The third-order valence-electron chi connectivity index (χ3n) is 6.34. The van der Waals surface area contributed by atoms with Crippen LogP contribution in [0.25, 0.3) is 11.1 Å². The van der Waals surface area contributed by atoms with Gasteiger partial charge in [0.2, 0.25) is 0 Å². The van der Waals surface area contributed by atoms with Gasteiger partial charge in [0, 0.05) is 5.41 Å². The van der Waals surface area contributed by atoms with Gasteiger partial charge in [0.25, 0.3) is 0 Å². The molecule has 0 aliphatic heterocycles. The molecule has 23 heavy (non-hydrogen) atoms. The summed E-state index contributed by atoms with van der Waals surface area (Å²) >= 11 is 0. The van der Waals surface area contributed by atoms with Crippen molar-refractivity contribution < 1.29 is 15.3 Å². The van der Waals surface area contributed by atoms with Crippen molar-refractivity contribution in [1.82, 2.24) is 0 Å². The Kier molecular flexibility index (Phi) is 2.51. The summed E-state index contributed by atoms with van der Waals surface area (Å²) in [4.78, 5) is 0. The summed E-state index contributed by atoms with van der Waals surface area (Å²) in [5, 5.41) is 30.5. The van der Waals surface area contributed by atoms with Crippen molar-refractivity contribution in [3.05, 3.63) is 47.1 Å². The van der Waals surface area contributed by atoms with Crippen LogP contribution in [0.15, 0.2) is 35.9 Å². The quantitative estimate of drug-likeness (QED) is 0.640. The summed E-state index contributed by atoms with van der Waals surface area (Å²) in [6.07, 6.45) is 11.2. The lowest BCUT2D eigenvalue weighted by molar-refractivity contribution is 0.00832. The molecule has 1 fully saturated rings. The lowest BCUT2D eigenvalue weighted by atomic mass is 9.54. The van der Waals surface area contributed by atoms with Gasteiger partial charge < -0.3 is 15.3 Å². The van der Waals surface area contributed by atoms with E-state index in [-0.39, 0.29) is 28.9 Å². The topological polar surface area (TPSA) is 60.7 Å². The molecule has 1 saturated carbocycles. The molecule has 0 radical (unpaired) electrons. The third kappa shape index (κ3) is 1.53. The molecule has 4 aliphatic rings. The van der Waals surface area contributed by atoms with Crippen molar-refractivity contribution in [2.45, 2.75) is 38.2 Å². The molecule has 1 aromatic rings. The van der Waals surface area contributed by atoms with Crippen LogP contribution in [0, 0.1) is 11.3 Å². The number of benzene rings is 1. The molecule has 3 nitrogen and oxygen atoms in total. The fraction of sp³-hybridized carbons (Fsp3) is 0.400. The fourth-order valence-electron chi connectivity index (χ4n) is 5.45. The number of phenols is 2. The first-order valence-corrected chi connectivity index (χ1v) is 8.50. The van der Waals surface area contributed by atoms with Crippen molar-refractivity contribution in [2.75, 3.05) is 0 Å². The van der Waals surface area contributed by atoms with Gasteiger partial charge in [0.15, 0.2) is 11.5 Å². The molecular formula is C20H20O3. The van der Waals surface area contributed by atoms with Gasteiger partial charge in [0.1, 0.15) is 0 Å². The van der Waals surface area contributed by atoms with Gasteiger partial charge in [-0.15, -0.1) is 0 Å². The van der Waals surface area contributed by atoms with Crippen LogP contribution in [-0.2, 0) is 0 Å². The minimum absolute atomic E-state index is 0.0519. The van der Waals surface area contributed by atoms with Crippen molar-refractivity contribution in [3.8, 4) is 11.5 Å². The fourth-order valence-corrected chi connectivity index (χ4v) is 5.45. The number of hydrogen-bond donors (Lipinski definition) is 3. The van der Waals surface area contributed by atoms with Crippen molar-refractivity contribution >= 4 is 11.1 Å². The summed E-state index contributed by atoms with van der Waals surface area (Å²) in [5.74, 6) is 0.170. The molecule has 0 aromatic heterocycles. The highest BCUT2D eigenvalue weighted by molar-refractivity contribution is 6.03. The van der Waals surface area contributed by atoms with E-state index in [1.165, 1.54) is 16.7 Å². The molecule has 3 N–H and O–H groups in total. The maximum atomic E-state index is 10.6. The Morgan fingerprint density at radius 2 is 1.83 bits per heavy atom. The minimum Gasteiger partial charge on any atom is -0.504 e. The van der Waals surface area contributed by atoms with Crippen LogP contribution in [-0.4, -0.2) is 21.4 Å². The van der Waals surface area contributed by atoms with Gasteiger partial charge in [-0.2, -0.15) is 0 Å². The van der Waals surface area contributed by atoms with Crippen molar-refractivity contribution in [1.29, 1.82) is 0 Å². The Bertz CT molecular complexity index is 814.